The van der Waals surface area contributed by atoms with Crippen LogP contribution in [0.5, 0.6) is 5.75 Å². The first kappa shape index (κ1) is 19.5. The monoisotopic (exact) mass is 383 g/mol. The first-order valence-corrected chi connectivity index (χ1v) is 10.8. The lowest BCUT2D eigenvalue weighted by atomic mass is 9.68. The Balaban J connectivity index is 1.56. The van der Waals surface area contributed by atoms with Crippen LogP contribution in [0.15, 0.2) is 30.0 Å². The molecule has 0 spiro atoms. The van der Waals surface area contributed by atoms with Crippen molar-refractivity contribution >= 4 is 5.97 Å². The molecule has 1 aromatic carbocycles. The fourth-order valence-corrected chi connectivity index (χ4v) is 5.53. The number of hydrogen-bond donors (Lipinski definition) is 0. The highest BCUT2D eigenvalue weighted by atomic mass is 16.5. The summed E-state index contributed by atoms with van der Waals surface area (Å²) in [5.74, 6) is 1.93. The van der Waals surface area contributed by atoms with Gasteiger partial charge >= 0.3 is 5.97 Å². The second-order valence-electron chi connectivity index (χ2n) is 8.90. The van der Waals surface area contributed by atoms with Crippen molar-refractivity contribution in [3.8, 4) is 5.75 Å². The molecule has 0 radical (unpaired) electrons. The van der Waals surface area contributed by atoms with Crippen LogP contribution < -0.4 is 4.74 Å². The molecule has 1 aliphatic heterocycles. The van der Waals surface area contributed by atoms with Crippen LogP contribution in [0.4, 0.5) is 0 Å². The van der Waals surface area contributed by atoms with E-state index in [1.54, 1.807) is 7.11 Å². The molecule has 0 amide bonds. The molecule has 1 saturated carbocycles. The summed E-state index contributed by atoms with van der Waals surface area (Å²) in [5.41, 5.74) is 2.67. The molecule has 0 aromatic heterocycles. The highest BCUT2D eigenvalue weighted by Gasteiger charge is 2.48. The molecule has 0 N–H and O–H groups in total. The van der Waals surface area contributed by atoms with Gasteiger partial charge in [0.2, 0.25) is 0 Å². The number of esters is 1. The zero-order valence-corrected chi connectivity index (χ0v) is 17.5. The first-order chi connectivity index (χ1) is 13.5. The van der Waals surface area contributed by atoms with Gasteiger partial charge in [-0.15, -0.1) is 0 Å². The summed E-state index contributed by atoms with van der Waals surface area (Å²) in [4.78, 5) is 15.0. The van der Waals surface area contributed by atoms with Gasteiger partial charge in [0.25, 0.3) is 0 Å². The Morgan fingerprint density at radius 1 is 1.18 bits per heavy atom. The molecule has 1 heterocycles. The third kappa shape index (κ3) is 3.47. The van der Waals surface area contributed by atoms with Gasteiger partial charge in [-0.05, 0) is 69.5 Å². The Kier molecular flexibility index (Phi) is 5.50. The standard InChI is InChI=1S/C24H33NO3/c1-17-15-19(9-10-21(17)27-3)24-12-11-20(16-22(24)25(2)14-13-24)28-23(26)18-7-5-4-6-8-18/h9-10,15-16,18,22H,4-8,11-14H2,1-3H3. The van der Waals surface area contributed by atoms with Gasteiger partial charge in [0.05, 0.1) is 13.0 Å². The molecule has 4 rings (SSSR count). The highest BCUT2D eigenvalue weighted by Crippen LogP contribution is 2.48. The van der Waals surface area contributed by atoms with E-state index < -0.39 is 0 Å². The van der Waals surface area contributed by atoms with Crippen LogP contribution in [0, 0.1) is 12.8 Å². The molecule has 3 aliphatic rings. The number of fused-ring (bicyclic) bond motifs is 1. The van der Waals surface area contributed by atoms with Crippen molar-refractivity contribution in [1.82, 2.24) is 4.90 Å². The van der Waals surface area contributed by atoms with E-state index in [0.29, 0.717) is 0 Å². The lowest BCUT2D eigenvalue weighted by molar-refractivity contribution is -0.145. The number of aryl methyl sites for hydroxylation is 1. The number of nitrogens with zero attached hydrogens (tertiary/aromatic N) is 1. The second kappa shape index (κ2) is 7.90. The van der Waals surface area contributed by atoms with E-state index in [4.69, 9.17) is 9.47 Å². The second-order valence-corrected chi connectivity index (χ2v) is 8.90. The van der Waals surface area contributed by atoms with Crippen molar-refractivity contribution < 1.29 is 14.3 Å². The number of rotatable bonds is 4. The van der Waals surface area contributed by atoms with Crippen LogP contribution in [-0.2, 0) is 14.9 Å². The SMILES string of the molecule is COc1ccc(C23CCC(OC(=O)C4CCCCC4)=CC2N(C)CC3)cc1C. The molecule has 1 aromatic rings. The van der Waals surface area contributed by atoms with Crippen LogP contribution in [0.25, 0.3) is 0 Å². The summed E-state index contributed by atoms with van der Waals surface area (Å²) in [7, 11) is 3.91. The van der Waals surface area contributed by atoms with Gasteiger partial charge in [-0.25, -0.2) is 0 Å². The highest BCUT2D eigenvalue weighted by molar-refractivity contribution is 5.73. The predicted molar refractivity (Wildman–Crippen MR) is 110 cm³/mol. The van der Waals surface area contributed by atoms with E-state index in [-0.39, 0.29) is 23.3 Å². The Morgan fingerprint density at radius 3 is 2.68 bits per heavy atom. The van der Waals surface area contributed by atoms with Crippen LogP contribution >= 0.6 is 0 Å². The minimum atomic E-state index is -0.000563. The topological polar surface area (TPSA) is 38.8 Å². The average molecular weight is 384 g/mol. The Hall–Kier alpha value is -1.81. The number of hydrogen-bond acceptors (Lipinski definition) is 4. The average Bonchev–Trinajstić information content (AvgIpc) is 3.06. The molecule has 1 saturated heterocycles. The molecular weight excluding hydrogens is 350 g/mol. The zero-order chi connectivity index (χ0) is 19.7. The Bertz CT molecular complexity index is 765. The minimum Gasteiger partial charge on any atom is -0.496 e. The summed E-state index contributed by atoms with van der Waals surface area (Å²) in [6, 6.07) is 6.89. The van der Waals surface area contributed by atoms with Gasteiger partial charge in [-0.2, -0.15) is 0 Å². The molecule has 2 aliphatic carbocycles. The van der Waals surface area contributed by atoms with E-state index in [0.717, 1.165) is 63.0 Å². The summed E-state index contributed by atoms with van der Waals surface area (Å²) in [6.07, 6.45) is 10.8. The third-order valence-corrected chi connectivity index (χ3v) is 7.25. The number of carbonyl (C=O) groups excluding carboxylic acids is 1. The lowest BCUT2D eigenvalue weighted by Gasteiger charge is -2.40. The molecular formula is C24H33NO3. The molecule has 2 unspecified atom stereocenters. The maximum atomic E-state index is 12.6. The van der Waals surface area contributed by atoms with Crippen LogP contribution in [0.2, 0.25) is 0 Å². The number of likely N-dealkylation sites (tertiary alicyclic amines) is 1. The summed E-state index contributed by atoms with van der Waals surface area (Å²) < 4.78 is 11.4. The van der Waals surface area contributed by atoms with Gasteiger partial charge in [0.15, 0.2) is 0 Å². The van der Waals surface area contributed by atoms with E-state index >= 15 is 0 Å². The quantitative estimate of drug-likeness (QED) is 0.704. The van der Waals surface area contributed by atoms with Crippen molar-refractivity contribution in [2.75, 3.05) is 20.7 Å². The van der Waals surface area contributed by atoms with E-state index in [1.165, 1.54) is 17.5 Å². The molecule has 0 bridgehead atoms. The number of benzene rings is 1. The van der Waals surface area contributed by atoms with Crippen molar-refractivity contribution in [2.45, 2.75) is 69.7 Å². The maximum absolute atomic E-state index is 12.6. The van der Waals surface area contributed by atoms with Crippen LogP contribution in [0.3, 0.4) is 0 Å². The van der Waals surface area contributed by atoms with Gasteiger partial charge in [-0.3, -0.25) is 9.69 Å². The van der Waals surface area contributed by atoms with E-state index in [1.807, 2.05) is 0 Å². The molecule has 2 fully saturated rings. The van der Waals surface area contributed by atoms with Crippen molar-refractivity contribution in [3.05, 3.63) is 41.2 Å². The summed E-state index contributed by atoms with van der Waals surface area (Å²) in [6.45, 7) is 3.18. The van der Waals surface area contributed by atoms with Crippen LogP contribution in [-0.4, -0.2) is 37.6 Å². The maximum Gasteiger partial charge on any atom is 0.313 e. The number of ether oxygens (including phenoxy) is 2. The van der Waals surface area contributed by atoms with Gasteiger partial charge in [-0.1, -0.05) is 31.4 Å². The van der Waals surface area contributed by atoms with Crippen molar-refractivity contribution in [1.29, 1.82) is 0 Å². The zero-order valence-electron chi connectivity index (χ0n) is 17.5. The predicted octanol–water partition coefficient (Wildman–Crippen LogP) is 4.75. The molecule has 4 heteroatoms. The Labute approximate surface area is 168 Å². The molecule has 28 heavy (non-hydrogen) atoms. The van der Waals surface area contributed by atoms with Gasteiger partial charge in [0, 0.05) is 17.9 Å². The smallest absolute Gasteiger partial charge is 0.313 e. The number of likely N-dealkylation sites (N-methyl/N-ethyl adjacent to an activating group) is 1. The fourth-order valence-electron chi connectivity index (χ4n) is 5.53. The number of allylic oxidation sites excluding steroid dienone is 1. The number of carbonyl (C=O) groups is 1. The summed E-state index contributed by atoms with van der Waals surface area (Å²) >= 11 is 0. The van der Waals surface area contributed by atoms with Crippen molar-refractivity contribution in [3.63, 3.8) is 0 Å². The largest absolute Gasteiger partial charge is 0.496 e. The van der Waals surface area contributed by atoms with Gasteiger partial charge < -0.3 is 9.47 Å². The van der Waals surface area contributed by atoms with E-state index in [9.17, 15) is 4.79 Å². The minimum absolute atomic E-state index is 0.000563. The fraction of sp³-hybridized carbons (Fsp3) is 0.625. The molecule has 4 nitrogen and oxygen atoms in total. The first-order valence-electron chi connectivity index (χ1n) is 10.8. The van der Waals surface area contributed by atoms with Crippen molar-refractivity contribution in [2.24, 2.45) is 5.92 Å². The van der Waals surface area contributed by atoms with Gasteiger partial charge in [0.1, 0.15) is 11.5 Å². The van der Waals surface area contributed by atoms with Crippen LogP contribution in [0.1, 0.15) is 62.5 Å². The Morgan fingerprint density at radius 2 is 1.96 bits per heavy atom. The normalized spacial score (nSPS) is 28.5. The lowest BCUT2D eigenvalue weighted by Crippen LogP contribution is -2.42. The van der Waals surface area contributed by atoms with E-state index in [2.05, 4.69) is 43.1 Å². The molecule has 2 atom stereocenters. The summed E-state index contributed by atoms with van der Waals surface area (Å²) in [5, 5.41) is 0. The third-order valence-electron chi connectivity index (χ3n) is 7.25. The number of methoxy groups -OCH3 is 1. The molecule has 152 valence electrons.